The number of benzene rings is 1. The first-order chi connectivity index (χ1) is 11.6. The number of nitrogens with one attached hydrogen (secondary N) is 1. The van der Waals surface area contributed by atoms with Crippen LogP contribution in [0.5, 0.6) is 5.75 Å². The van der Waals surface area contributed by atoms with E-state index in [1.165, 1.54) is 23.1 Å². The fourth-order valence-corrected chi connectivity index (χ4v) is 3.86. The molecular weight excluding hydrogens is 344 g/mol. The van der Waals surface area contributed by atoms with E-state index in [1.54, 1.807) is 7.11 Å². The summed E-state index contributed by atoms with van der Waals surface area (Å²) < 4.78 is 6.05. The van der Waals surface area contributed by atoms with Crippen LogP contribution in [-0.4, -0.2) is 58.8 Å². The maximum atomic E-state index is 10.1. The molecule has 2 N–H and O–H groups in total. The summed E-state index contributed by atoms with van der Waals surface area (Å²) in [5, 5.41) is 22.4. The quantitative estimate of drug-likeness (QED) is 0.625. The zero-order chi connectivity index (χ0) is 17.4. The molecule has 0 radical (unpaired) electrons. The summed E-state index contributed by atoms with van der Waals surface area (Å²) in [6.45, 7) is 6.79. The molecule has 1 atom stereocenters. The largest absolute Gasteiger partial charge is 0.497 e. The van der Waals surface area contributed by atoms with E-state index in [4.69, 9.17) is 4.74 Å². The molecule has 0 amide bonds. The molecule has 0 saturated carbocycles. The van der Waals surface area contributed by atoms with Gasteiger partial charge in [0.25, 0.3) is 0 Å². The van der Waals surface area contributed by atoms with Crippen LogP contribution in [0.3, 0.4) is 0 Å². The number of likely N-dealkylation sites (N-methyl/N-ethyl adjacent to an activating group) is 1. The summed E-state index contributed by atoms with van der Waals surface area (Å²) in [4.78, 5) is 2.21. The number of aliphatic hydroxyl groups excluding tert-OH is 1. The van der Waals surface area contributed by atoms with Gasteiger partial charge in [0.1, 0.15) is 5.75 Å². The highest BCUT2D eigenvalue weighted by atomic mass is 32.2. The number of anilines is 2. The lowest BCUT2D eigenvalue weighted by Crippen LogP contribution is -2.33. The van der Waals surface area contributed by atoms with Crippen LogP contribution in [0.25, 0.3) is 0 Å². The Kier molecular flexibility index (Phi) is 7.77. The second kappa shape index (κ2) is 9.83. The van der Waals surface area contributed by atoms with Crippen LogP contribution in [0.4, 0.5) is 10.8 Å². The van der Waals surface area contributed by atoms with Crippen molar-refractivity contribution in [3.8, 4) is 5.75 Å². The molecule has 2 aromatic rings. The number of hydrogen-bond donors (Lipinski definition) is 2. The smallest absolute Gasteiger partial charge is 0.210 e. The molecule has 0 aliphatic rings. The highest BCUT2D eigenvalue weighted by molar-refractivity contribution is 8.01. The van der Waals surface area contributed by atoms with E-state index in [0.29, 0.717) is 12.3 Å². The summed E-state index contributed by atoms with van der Waals surface area (Å²) in [5.74, 6) is 1.41. The highest BCUT2D eigenvalue weighted by Gasteiger charge is 2.12. The molecule has 0 saturated heterocycles. The van der Waals surface area contributed by atoms with Crippen molar-refractivity contribution in [3.05, 3.63) is 24.3 Å². The van der Waals surface area contributed by atoms with Crippen LogP contribution < -0.4 is 10.1 Å². The highest BCUT2D eigenvalue weighted by Crippen LogP contribution is 2.29. The third-order valence-electron chi connectivity index (χ3n) is 3.49. The van der Waals surface area contributed by atoms with E-state index >= 15 is 0 Å². The summed E-state index contributed by atoms with van der Waals surface area (Å²) in [6.07, 6.45) is -0.367. The van der Waals surface area contributed by atoms with Crippen molar-refractivity contribution in [2.45, 2.75) is 24.3 Å². The van der Waals surface area contributed by atoms with Crippen LogP contribution in [0.2, 0.25) is 0 Å². The number of nitrogens with zero attached hydrogens (tertiary/aromatic N) is 3. The number of rotatable bonds is 10. The van der Waals surface area contributed by atoms with E-state index in [0.717, 1.165) is 34.0 Å². The molecular formula is C16H24N4O2S2. The molecule has 2 rings (SSSR count). The first kappa shape index (κ1) is 19.0. The van der Waals surface area contributed by atoms with Gasteiger partial charge in [0.2, 0.25) is 5.13 Å². The maximum absolute atomic E-state index is 10.1. The number of aromatic nitrogens is 2. The van der Waals surface area contributed by atoms with Crippen molar-refractivity contribution in [2.24, 2.45) is 0 Å². The minimum absolute atomic E-state index is 0.367. The fraction of sp³-hybridized carbons (Fsp3) is 0.500. The van der Waals surface area contributed by atoms with E-state index in [9.17, 15) is 5.11 Å². The fourth-order valence-electron chi connectivity index (χ4n) is 2.14. The Morgan fingerprint density at radius 3 is 2.83 bits per heavy atom. The van der Waals surface area contributed by atoms with Gasteiger partial charge < -0.3 is 20.1 Å². The molecule has 1 aromatic heterocycles. The topological polar surface area (TPSA) is 70.5 Å². The van der Waals surface area contributed by atoms with E-state index in [-0.39, 0.29) is 6.10 Å². The van der Waals surface area contributed by atoms with Crippen molar-refractivity contribution in [3.63, 3.8) is 0 Å². The number of hydrogen-bond acceptors (Lipinski definition) is 8. The predicted molar refractivity (Wildman–Crippen MR) is 101 cm³/mol. The van der Waals surface area contributed by atoms with Gasteiger partial charge in [-0.2, -0.15) is 0 Å². The number of methoxy groups -OCH3 is 1. The Balaban J connectivity index is 1.84. The average molecular weight is 369 g/mol. The van der Waals surface area contributed by atoms with Crippen molar-refractivity contribution in [2.75, 3.05) is 37.8 Å². The summed E-state index contributed by atoms with van der Waals surface area (Å²) in [5.41, 5.74) is 0.906. The van der Waals surface area contributed by atoms with Gasteiger partial charge in [-0.25, -0.2) is 0 Å². The molecule has 0 fully saturated rings. The third-order valence-corrected chi connectivity index (χ3v) is 5.61. The normalized spacial score (nSPS) is 12.4. The Labute approximate surface area is 151 Å². The Hall–Kier alpha value is -1.35. The second-order valence-corrected chi connectivity index (χ2v) is 7.43. The lowest BCUT2D eigenvalue weighted by molar-refractivity contribution is 0.137. The molecule has 132 valence electrons. The molecule has 0 aliphatic carbocycles. The van der Waals surface area contributed by atoms with Crippen LogP contribution in [0.15, 0.2) is 28.6 Å². The van der Waals surface area contributed by atoms with Crippen LogP contribution >= 0.6 is 23.1 Å². The zero-order valence-corrected chi connectivity index (χ0v) is 15.9. The van der Waals surface area contributed by atoms with Crippen molar-refractivity contribution < 1.29 is 9.84 Å². The van der Waals surface area contributed by atoms with Gasteiger partial charge in [-0.15, -0.1) is 10.2 Å². The summed E-state index contributed by atoms with van der Waals surface area (Å²) in [7, 11) is 1.64. The van der Waals surface area contributed by atoms with Gasteiger partial charge in [0.05, 0.1) is 13.2 Å². The van der Waals surface area contributed by atoms with Gasteiger partial charge in [0, 0.05) is 24.1 Å². The lowest BCUT2D eigenvalue weighted by Gasteiger charge is -2.21. The molecule has 0 aliphatic heterocycles. The number of thioether (sulfide) groups is 1. The molecule has 8 heteroatoms. The maximum Gasteiger partial charge on any atom is 0.210 e. The molecule has 0 spiro atoms. The van der Waals surface area contributed by atoms with E-state index in [2.05, 4.69) is 34.3 Å². The molecule has 1 unspecified atom stereocenters. The minimum atomic E-state index is -0.367. The van der Waals surface area contributed by atoms with Crippen LogP contribution in [0, 0.1) is 0 Å². The van der Waals surface area contributed by atoms with E-state index < -0.39 is 0 Å². The molecule has 6 nitrogen and oxygen atoms in total. The SMILES string of the molecule is CCN(CC)CC(O)CSc1nnc(Nc2cccc(OC)c2)s1. The zero-order valence-electron chi connectivity index (χ0n) is 14.2. The van der Waals surface area contributed by atoms with Crippen molar-refractivity contribution in [1.82, 2.24) is 15.1 Å². The Morgan fingerprint density at radius 1 is 1.33 bits per heavy atom. The van der Waals surface area contributed by atoms with E-state index in [1.807, 2.05) is 24.3 Å². The Bertz CT molecular complexity index is 620. The number of aliphatic hydroxyl groups is 1. The first-order valence-corrected chi connectivity index (χ1v) is 9.72. The van der Waals surface area contributed by atoms with Gasteiger partial charge in [-0.1, -0.05) is 43.0 Å². The van der Waals surface area contributed by atoms with Crippen LogP contribution in [0.1, 0.15) is 13.8 Å². The third kappa shape index (κ3) is 5.94. The van der Waals surface area contributed by atoms with Crippen molar-refractivity contribution in [1.29, 1.82) is 0 Å². The number of ether oxygens (including phenoxy) is 1. The van der Waals surface area contributed by atoms with Gasteiger partial charge in [-0.05, 0) is 25.2 Å². The van der Waals surface area contributed by atoms with Crippen LogP contribution in [-0.2, 0) is 0 Å². The standard InChI is InChI=1S/C16H24N4O2S2/c1-4-20(5-2)10-13(21)11-23-16-19-18-15(24-16)17-12-7-6-8-14(9-12)22-3/h6-9,13,21H,4-5,10-11H2,1-3H3,(H,17,18). The molecule has 0 bridgehead atoms. The second-order valence-electron chi connectivity index (χ2n) is 5.18. The molecule has 24 heavy (non-hydrogen) atoms. The lowest BCUT2D eigenvalue weighted by atomic mass is 10.3. The first-order valence-electron chi connectivity index (χ1n) is 7.92. The van der Waals surface area contributed by atoms with Gasteiger partial charge in [0.15, 0.2) is 4.34 Å². The Morgan fingerprint density at radius 2 is 2.12 bits per heavy atom. The average Bonchev–Trinajstić information content (AvgIpc) is 3.05. The summed E-state index contributed by atoms with van der Waals surface area (Å²) in [6, 6.07) is 7.66. The van der Waals surface area contributed by atoms with Gasteiger partial charge in [-0.3, -0.25) is 0 Å². The predicted octanol–water partition coefficient (Wildman–Crippen LogP) is 3.09. The summed E-state index contributed by atoms with van der Waals surface area (Å²) >= 11 is 3.01. The van der Waals surface area contributed by atoms with Gasteiger partial charge >= 0.3 is 0 Å². The monoisotopic (exact) mass is 368 g/mol. The molecule has 1 heterocycles. The van der Waals surface area contributed by atoms with Crippen molar-refractivity contribution >= 4 is 33.9 Å². The minimum Gasteiger partial charge on any atom is -0.497 e. The molecule has 1 aromatic carbocycles.